The molecule has 144 valence electrons. The summed E-state index contributed by atoms with van der Waals surface area (Å²) in [5.74, 6) is -0.555. The molecule has 0 spiro atoms. The molecule has 1 aromatic carbocycles. The zero-order valence-corrected chi connectivity index (χ0v) is 16.5. The number of para-hydroxylation sites is 2. The molecule has 0 bridgehead atoms. The standard InChI is InChI=1S/C13H19F3N4O3S.HI/c1-2-24(21,22)19-9-5-8-18-12(17)20-10-6-3-4-7-11(10)23-13(14,15)16;/h3-4,6-7,19H,2,5,8-9H2,1H3,(H3,17,18,20);1H. The maximum atomic E-state index is 12.3. The first-order valence-corrected chi connectivity index (χ1v) is 8.67. The minimum Gasteiger partial charge on any atom is -0.404 e. The van der Waals surface area contributed by atoms with E-state index in [9.17, 15) is 21.6 Å². The highest BCUT2D eigenvalue weighted by atomic mass is 127. The number of nitrogens with zero attached hydrogens (tertiary/aromatic N) is 1. The Kier molecular flexibility index (Phi) is 10.1. The number of anilines is 1. The van der Waals surface area contributed by atoms with E-state index in [1.807, 2.05) is 0 Å². The Balaban J connectivity index is 0.00000576. The van der Waals surface area contributed by atoms with Gasteiger partial charge in [0.15, 0.2) is 11.7 Å². The van der Waals surface area contributed by atoms with Gasteiger partial charge in [-0.15, -0.1) is 37.1 Å². The largest absolute Gasteiger partial charge is 0.573 e. The van der Waals surface area contributed by atoms with Gasteiger partial charge in [0.2, 0.25) is 10.0 Å². The molecule has 0 heterocycles. The first-order valence-electron chi connectivity index (χ1n) is 7.02. The molecule has 1 rings (SSSR count). The molecule has 0 aliphatic carbocycles. The topological polar surface area (TPSA) is 106 Å². The van der Waals surface area contributed by atoms with E-state index in [-0.39, 0.29) is 54.5 Å². The Morgan fingerprint density at radius 3 is 2.56 bits per heavy atom. The maximum absolute atomic E-state index is 12.3. The van der Waals surface area contributed by atoms with Crippen molar-refractivity contribution in [1.82, 2.24) is 4.72 Å². The monoisotopic (exact) mass is 496 g/mol. The normalized spacial score (nSPS) is 12.4. The first-order chi connectivity index (χ1) is 11.1. The zero-order valence-electron chi connectivity index (χ0n) is 13.3. The summed E-state index contributed by atoms with van der Waals surface area (Å²) in [6.07, 6.45) is -4.43. The van der Waals surface area contributed by atoms with Gasteiger partial charge >= 0.3 is 6.36 Å². The van der Waals surface area contributed by atoms with Gasteiger partial charge in [-0.1, -0.05) is 12.1 Å². The number of alkyl halides is 3. The lowest BCUT2D eigenvalue weighted by molar-refractivity contribution is -0.274. The van der Waals surface area contributed by atoms with Crippen molar-refractivity contribution >= 4 is 45.6 Å². The van der Waals surface area contributed by atoms with Crippen LogP contribution in [0.3, 0.4) is 0 Å². The number of ether oxygens (including phenoxy) is 1. The summed E-state index contributed by atoms with van der Waals surface area (Å²) in [4.78, 5) is 3.91. The lowest BCUT2D eigenvalue weighted by atomic mass is 10.3. The molecule has 12 heteroatoms. The number of hydrogen-bond donors (Lipinski definition) is 3. The number of rotatable bonds is 8. The van der Waals surface area contributed by atoms with Gasteiger partial charge in [0.25, 0.3) is 0 Å². The predicted molar refractivity (Wildman–Crippen MR) is 101 cm³/mol. The van der Waals surface area contributed by atoms with Crippen LogP contribution in [0.4, 0.5) is 18.9 Å². The number of hydrogen-bond acceptors (Lipinski definition) is 4. The van der Waals surface area contributed by atoms with Gasteiger partial charge in [0.1, 0.15) is 0 Å². The number of nitrogens with two attached hydrogens (primary N) is 1. The summed E-state index contributed by atoms with van der Waals surface area (Å²) < 4.78 is 65.6. The Labute approximate surface area is 161 Å². The number of nitrogens with one attached hydrogen (secondary N) is 2. The van der Waals surface area contributed by atoms with Gasteiger partial charge in [-0.3, -0.25) is 4.99 Å². The van der Waals surface area contributed by atoms with E-state index in [4.69, 9.17) is 5.73 Å². The predicted octanol–water partition coefficient (Wildman–Crippen LogP) is 2.26. The molecular weight excluding hydrogens is 476 g/mol. The molecule has 0 aromatic heterocycles. The fraction of sp³-hybridized carbons (Fsp3) is 0.462. The molecule has 0 aliphatic rings. The van der Waals surface area contributed by atoms with E-state index in [0.29, 0.717) is 6.42 Å². The Bertz CT molecular complexity index is 669. The highest BCUT2D eigenvalue weighted by Crippen LogP contribution is 2.29. The molecule has 0 aliphatic heterocycles. The zero-order chi connectivity index (χ0) is 18.2. The second-order valence-corrected chi connectivity index (χ2v) is 6.68. The second-order valence-electron chi connectivity index (χ2n) is 4.59. The van der Waals surface area contributed by atoms with Crippen LogP contribution in [0.25, 0.3) is 0 Å². The Hall–Kier alpha value is -1.28. The van der Waals surface area contributed by atoms with Gasteiger partial charge in [-0.25, -0.2) is 13.1 Å². The summed E-state index contributed by atoms with van der Waals surface area (Å²) >= 11 is 0. The Morgan fingerprint density at radius 1 is 1.32 bits per heavy atom. The lowest BCUT2D eigenvalue weighted by Gasteiger charge is -2.14. The van der Waals surface area contributed by atoms with Crippen molar-refractivity contribution in [2.45, 2.75) is 19.7 Å². The quantitative estimate of drug-likeness (QED) is 0.222. The summed E-state index contributed by atoms with van der Waals surface area (Å²) in [7, 11) is -3.26. The summed E-state index contributed by atoms with van der Waals surface area (Å²) in [6, 6.07) is 5.40. The minimum absolute atomic E-state index is 0. The summed E-state index contributed by atoms with van der Waals surface area (Å²) in [5.41, 5.74) is 5.61. The molecule has 0 amide bonds. The molecule has 0 unspecified atom stereocenters. The average Bonchev–Trinajstić information content (AvgIpc) is 2.47. The lowest BCUT2D eigenvalue weighted by Crippen LogP contribution is -2.27. The van der Waals surface area contributed by atoms with Crippen LogP contribution in [-0.4, -0.2) is 39.6 Å². The van der Waals surface area contributed by atoms with Gasteiger partial charge in [0, 0.05) is 13.1 Å². The molecule has 0 saturated heterocycles. The Morgan fingerprint density at radius 2 is 1.96 bits per heavy atom. The van der Waals surface area contributed by atoms with Gasteiger partial charge in [0.05, 0.1) is 11.4 Å². The van der Waals surface area contributed by atoms with Crippen LogP contribution in [0.2, 0.25) is 0 Å². The number of sulfonamides is 1. The van der Waals surface area contributed by atoms with Crippen LogP contribution in [0.1, 0.15) is 13.3 Å². The third-order valence-corrected chi connectivity index (χ3v) is 4.10. The van der Waals surface area contributed by atoms with Gasteiger partial charge in [-0.05, 0) is 25.5 Å². The maximum Gasteiger partial charge on any atom is 0.573 e. The van der Waals surface area contributed by atoms with Crippen molar-refractivity contribution < 1.29 is 26.3 Å². The number of aliphatic imine (C=N–C) groups is 1. The van der Waals surface area contributed by atoms with Crippen LogP contribution in [-0.2, 0) is 10.0 Å². The molecule has 25 heavy (non-hydrogen) atoms. The van der Waals surface area contributed by atoms with Crippen LogP contribution < -0.4 is 20.5 Å². The molecule has 0 fully saturated rings. The van der Waals surface area contributed by atoms with E-state index < -0.39 is 22.1 Å². The molecule has 4 N–H and O–H groups in total. The van der Waals surface area contributed by atoms with Gasteiger partial charge < -0.3 is 15.8 Å². The van der Waals surface area contributed by atoms with E-state index in [1.165, 1.54) is 25.1 Å². The third-order valence-electron chi connectivity index (χ3n) is 2.69. The van der Waals surface area contributed by atoms with Crippen LogP contribution >= 0.6 is 24.0 Å². The molecule has 7 nitrogen and oxygen atoms in total. The highest BCUT2D eigenvalue weighted by Gasteiger charge is 2.32. The first kappa shape index (κ1) is 23.7. The second kappa shape index (κ2) is 10.7. The van der Waals surface area contributed by atoms with Crippen molar-refractivity contribution in [1.29, 1.82) is 0 Å². The van der Waals surface area contributed by atoms with Crippen molar-refractivity contribution in [2.75, 3.05) is 24.2 Å². The van der Waals surface area contributed by atoms with Crippen molar-refractivity contribution in [3.8, 4) is 5.75 Å². The minimum atomic E-state index is -4.82. The summed E-state index contributed by atoms with van der Waals surface area (Å²) in [5, 5.41) is 2.52. The van der Waals surface area contributed by atoms with E-state index in [2.05, 4.69) is 19.8 Å². The number of halogens is 4. The fourth-order valence-electron chi connectivity index (χ4n) is 1.57. The molecule has 0 radical (unpaired) electrons. The smallest absolute Gasteiger partial charge is 0.404 e. The van der Waals surface area contributed by atoms with Crippen LogP contribution in [0.5, 0.6) is 5.75 Å². The number of benzene rings is 1. The van der Waals surface area contributed by atoms with Crippen molar-refractivity contribution in [3.63, 3.8) is 0 Å². The van der Waals surface area contributed by atoms with Crippen molar-refractivity contribution in [2.24, 2.45) is 10.7 Å². The average molecular weight is 496 g/mol. The van der Waals surface area contributed by atoms with Crippen LogP contribution in [0.15, 0.2) is 29.3 Å². The molecule has 1 aromatic rings. The number of guanidine groups is 1. The molecular formula is C13H20F3IN4O3S. The van der Waals surface area contributed by atoms with E-state index in [0.717, 1.165) is 6.07 Å². The van der Waals surface area contributed by atoms with E-state index >= 15 is 0 Å². The highest BCUT2D eigenvalue weighted by molar-refractivity contribution is 14.0. The van der Waals surface area contributed by atoms with Gasteiger partial charge in [-0.2, -0.15) is 0 Å². The van der Waals surface area contributed by atoms with Crippen LogP contribution in [0, 0.1) is 0 Å². The molecule has 0 saturated carbocycles. The molecule has 0 atom stereocenters. The fourth-order valence-corrected chi connectivity index (χ4v) is 2.23. The summed E-state index contributed by atoms with van der Waals surface area (Å²) in [6.45, 7) is 1.91. The third kappa shape index (κ3) is 10.3. The SMILES string of the molecule is CCS(=O)(=O)NCCCN=C(N)Nc1ccccc1OC(F)(F)F.I. The van der Waals surface area contributed by atoms with E-state index in [1.54, 1.807) is 0 Å². The van der Waals surface area contributed by atoms with Crippen molar-refractivity contribution in [3.05, 3.63) is 24.3 Å².